The van der Waals surface area contributed by atoms with Gasteiger partial charge in [0.25, 0.3) is 10.1 Å². The number of benzene rings is 2. The van der Waals surface area contributed by atoms with Crippen LogP contribution in [0.1, 0.15) is 0 Å². The highest BCUT2D eigenvalue weighted by Gasteiger charge is 2.13. The Hall–Kier alpha value is -1.32. The number of hydrogen-bond donors (Lipinski definition) is 3. The van der Waals surface area contributed by atoms with Crippen LogP contribution in [-0.4, -0.2) is 23.3 Å². The van der Waals surface area contributed by atoms with Gasteiger partial charge in [0.15, 0.2) is 0 Å². The highest BCUT2D eigenvalue weighted by atomic mass is 32.2. The molecule has 2 rings (SSSR count). The van der Waals surface area contributed by atoms with Crippen molar-refractivity contribution in [1.82, 2.24) is 0 Å². The van der Waals surface area contributed by atoms with Crippen LogP contribution in [0.2, 0.25) is 0 Å². The number of phenolic OH excluding ortho intramolecular Hbond substituents is 1. The van der Waals surface area contributed by atoms with Crippen LogP contribution in [-0.2, 0) is 14.5 Å². The molecule has 3 N–H and O–H groups in total. The first kappa shape index (κ1) is 13.1. The summed E-state index contributed by atoms with van der Waals surface area (Å²) in [6.45, 7) is 0. The maximum Gasteiger partial charge on any atom is 0.294 e. The first-order chi connectivity index (χ1) is 8.41. The van der Waals surface area contributed by atoms with Gasteiger partial charge in [0.05, 0.1) is 16.9 Å². The van der Waals surface area contributed by atoms with Gasteiger partial charge in [-0.1, -0.05) is 0 Å². The first-order valence-electron chi connectivity index (χ1n) is 4.64. The Morgan fingerprint density at radius 1 is 1.17 bits per heavy atom. The van der Waals surface area contributed by atoms with Gasteiger partial charge < -0.3 is 5.11 Å². The number of hydrogen-bond acceptors (Lipinski definition) is 6. The summed E-state index contributed by atoms with van der Waals surface area (Å²) in [6.07, 6.45) is 0. The highest BCUT2D eigenvalue weighted by Crippen LogP contribution is 2.31. The molecule has 0 fully saturated rings. The van der Waals surface area contributed by atoms with Gasteiger partial charge in [0.1, 0.15) is 5.75 Å². The number of aromatic hydroxyl groups is 1. The van der Waals surface area contributed by atoms with E-state index in [1.165, 1.54) is 12.1 Å². The van der Waals surface area contributed by atoms with E-state index >= 15 is 0 Å². The van der Waals surface area contributed by atoms with Gasteiger partial charge in [0, 0.05) is 16.3 Å². The molecule has 0 unspecified atom stereocenters. The third-order valence-electron chi connectivity index (χ3n) is 2.31. The maximum absolute atomic E-state index is 11.0. The van der Waals surface area contributed by atoms with E-state index in [2.05, 4.69) is 4.33 Å². The Morgan fingerprint density at radius 3 is 2.50 bits per heavy atom. The Balaban J connectivity index is 2.69. The topological polar surface area (TPSA) is 104 Å². The van der Waals surface area contributed by atoms with Gasteiger partial charge >= 0.3 is 0 Å². The minimum atomic E-state index is -4.39. The summed E-state index contributed by atoms with van der Waals surface area (Å²) in [5.74, 6) is -0.262. The molecule has 0 aliphatic rings. The van der Waals surface area contributed by atoms with Crippen molar-refractivity contribution in [2.45, 2.75) is 9.79 Å². The van der Waals surface area contributed by atoms with Gasteiger partial charge in [-0.2, -0.15) is 12.8 Å². The second kappa shape index (κ2) is 4.75. The van der Waals surface area contributed by atoms with Crippen molar-refractivity contribution in [2.24, 2.45) is 0 Å². The largest absolute Gasteiger partial charge is 0.507 e. The molecule has 0 radical (unpaired) electrons. The van der Waals surface area contributed by atoms with Gasteiger partial charge in [-0.25, -0.2) is 5.26 Å². The van der Waals surface area contributed by atoms with Crippen LogP contribution >= 0.6 is 12.0 Å². The van der Waals surface area contributed by atoms with Crippen molar-refractivity contribution in [3.63, 3.8) is 0 Å². The maximum atomic E-state index is 11.0. The van der Waals surface area contributed by atoms with Crippen molar-refractivity contribution >= 4 is 32.9 Å². The summed E-state index contributed by atoms with van der Waals surface area (Å²) in [4.78, 5) is 0.108. The molecule has 96 valence electrons. The minimum Gasteiger partial charge on any atom is -0.507 e. The van der Waals surface area contributed by atoms with Crippen molar-refractivity contribution in [3.8, 4) is 5.75 Å². The Labute approximate surface area is 107 Å². The molecule has 2 aromatic rings. The zero-order valence-corrected chi connectivity index (χ0v) is 10.4. The average molecular weight is 288 g/mol. The van der Waals surface area contributed by atoms with Gasteiger partial charge in [-0.15, -0.1) is 0 Å². The number of fused-ring (bicyclic) bond motifs is 1. The second-order valence-electron chi connectivity index (χ2n) is 3.46. The van der Waals surface area contributed by atoms with Crippen LogP contribution < -0.4 is 0 Å². The molecule has 2 aromatic carbocycles. The van der Waals surface area contributed by atoms with E-state index in [9.17, 15) is 13.5 Å². The van der Waals surface area contributed by atoms with Crippen LogP contribution in [0.25, 0.3) is 10.8 Å². The molecular weight excluding hydrogens is 280 g/mol. The highest BCUT2D eigenvalue weighted by molar-refractivity contribution is 7.94. The minimum absolute atomic E-state index is 0.262. The summed E-state index contributed by atoms with van der Waals surface area (Å²) in [6, 6.07) is 6.80. The molecule has 0 aromatic heterocycles. The lowest BCUT2D eigenvalue weighted by atomic mass is 10.1. The predicted molar refractivity (Wildman–Crippen MR) is 65.0 cm³/mol. The van der Waals surface area contributed by atoms with Crippen LogP contribution in [0.5, 0.6) is 5.75 Å². The quantitative estimate of drug-likeness (QED) is 0.344. The summed E-state index contributed by atoms with van der Waals surface area (Å²) in [7, 11) is -4.39. The smallest absolute Gasteiger partial charge is 0.294 e. The van der Waals surface area contributed by atoms with Crippen molar-refractivity contribution in [1.29, 1.82) is 0 Å². The van der Waals surface area contributed by atoms with Crippen molar-refractivity contribution in [3.05, 3.63) is 30.3 Å². The SMILES string of the molecule is O=S(=O)(O)c1cc(O)c2ccc(SOO)cc2c1. The lowest BCUT2D eigenvalue weighted by Gasteiger charge is -2.05. The summed E-state index contributed by atoms with van der Waals surface area (Å²) >= 11 is 0.671. The predicted octanol–water partition coefficient (Wildman–Crippen LogP) is 2.29. The van der Waals surface area contributed by atoms with Gasteiger partial charge in [0.2, 0.25) is 0 Å². The second-order valence-corrected chi connectivity index (χ2v) is 5.67. The Kier molecular flexibility index (Phi) is 3.46. The summed E-state index contributed by atoms with van der Waals surface area (Å²) < 4.78 is 34.9. The lowest BCUT2D eigenvalue weighted by Crippen LogP contribution is -1.97. The van der Waals surface area contributed by atoms with E-state index in [0.717, 1.165) is 6.07 Å². The lowest BCUT2D eigenvalue weighted by molar-refractivity contribution is -0.116. The fourth-order valence-corrected chi connectivity index (χ4v) is 2.47. The normalized spacial score (nSPS) is 11.9. The van der Waals surface area contributed by atoms with E-state index in [4.69, 9.17) is 9.81 Å². The molecule has 0 aliphatic heterocycles. The van der Waals surface area contributed by atoms with E-state index in [1.807, 2.05) is 0 Å². The van der Waals surface area contributed by atoms with Crippen LogP contribution in [0.15, 0.2) is 40.1 Å². The van der Waals surface area contributed by atoms with Crippen LogP contribution in [0.3, 0.4) is 0 Å². The molecule has 0 aliphatic carbocycles. The summed E-state index contributed by atoms with van der Waals surface area (Å²) in [5, 5.41) is 18.8. The monoisotopic (exact) mass is 288 g/mol. The molecule has 8 heteroatoms. The third-order valence-corrected chi connectivity index (χ3v) is 3.66. The fourth-order valence-electron chi connectivity index (χ4n) is 1.54. The van der Waals surface area contributed by atoms with Gasteiger partial charge in [-0.05, 0) is 29.7 Å². The molecule has 0 atom stereocenters. The molecular formula is C10H8O6S2. The number of rotatable bonds is 3. The standard InChI is InChI=1S/C10H8O6S2/c11-10-5-8(18(13,14)15)4-6-3-7(17-16-12)1-2-9(6)10/h1-5,11-12H,(H,13,14,15). The molecule has 6 nitrogen and oxygen atoms in total. The van der Waals surface area contributed by atoms with E-state index in [-0.39, 0.29) is 5.75 Å². The molecule has 0 bridgehead atoms. The Bertz CT molecular complexity index is 695. The molecule has 0 saturated heterocycles. The van der Waals surface area contributed by atoms with Crippen molar-refractivity contribution < 1.29 is 27.7 Å². The molecule has 0 saturated carbocycles. The van der Waals surface area contributed by atoms with Crippen LogP contribution in [0.4, 0.5) is 0 Å². The molecule has 18 heavy (non-hydrogen) atoms. The Morgan fingerprint density at radius 2 is 1.89 bits per heavy atom. The zero-order chi connectivity index (χ0) is 13.3. The van der Waals surface area contributed by atoms with Gasteiger partial charge in [-0.3, -0.25) is 4.55 Å². The first-order valence-corrected chi connectivity index (χ1v) is 6.82. The van der Waals surface area contributed by atoms with Crippen molar-refractivity contribution in [2.75, 3.05) is 0 Å². The van der Waals surface area contributed by atoms with E-state index < -0.39 is 15.0 Å². The summed E-state index contributed by atoms with van der Waals surface area (Å²) in [5.41, 5.74) is 0. The molecule has 0 amide bonds. The third kappa shape index (κ3) is 2.57. The fraction of sp³-hybridized carbons (Fsp3) is 0. The van der Waals surface area contributed by atoms with E-state index in [0.29, 0.717) is 27.7 Å². The molecule has 0 heterocycles. The number of phenols is 1. The zero-order valence-electron chi connectivity index (χ0n) is 8.77. The van der Waals surface area contributed by atoms with Crippen LogP contribution in [0, 0.1) is 0 Å². The van der Waals surface area contributed by atoms with E-state index in [1.54, 1.807) is 12.1 Å². The molecule has 0 spiro atoms. The average Bonchev–Trinajstić information content (AvgIpc) is 2.27.